The van der Waals surface area contributed by atoms with Crippen molar-refractivity contribution in [1.29, 1.82) is 0 Å². The molecule has 3 nitrogen and oxygen atoms in total. The summed E-state index contributed by atoms with van der Waals surface area (Å²) in [4.78, 5) is 12.5. The summed E-state index contributed by atoms with van der Waals surface area (Å²) in [6, 6.07) is 13.3. The van der Waals surface area contributed by atoms with E-state index in [-0.39, 0.29) is 5.97 Å². The topological polar surface area (TPSA) is 35.5 Å². The van der Waals surface area contributed by atoms with Gasteiger partial charge in [0.15, 0.2) is 0 Å². The van der Waals surface area contributed by atoms with Crippen molar-refractivity contribution in [3.8, 4) is 11.5 Å². The highest BCUT2D eigenvalue weighted by molar-refractivity contribution is 7.99. The molecule has 2 aromatic rings. The number of methoxy groups -OCH3 is 1. The second kappa shape index (κ2) is 7.36. The number of carbonyl (C=O) groups is 1. The van der Waals surface area contributed by atoms with Crippen LogP contribution in [0.3, 0.4) is 0 Å². The first-order chi connectivity index (χ1) is 10.5. The van der Waals surface area contributed by atoms with Crippen molar-refractivity contribution >= 4 is 17.7 Å². The van der Waals surface area contributed by atoms with E-state index < -0.39 is 5.25 Å². The molecule has 116 valence electrons. The van der Waals surface area contributed by atoms with Crippen molar-refractivity contribution in [2.75, 3.05) is 13.4 Å². The first kappa shape index (κ1) is 16.4. The van der Waals surface area contributed by atoms with Crippen molar-refractivity contribution in [2.24, 2.45) is 0 Å². The monoisotopic (exact) mass is 316 g/mol. The summed E-state index contributed by atoms with van der Waals surface area (Å²) in [5, 5.41) is -0.420. The second-order valence-electron chi connectivity index (χ2n) is 5.10. The molecule has 22 heavy (non-hydrogen) atoms. The Kier molecular flexibility index (Phi) is 5.50. The smallest absolute Gasteiger partial charge is 0.329 e. The highest BCUT2D eigenvalue weighted by Crippen LogP contribution is 2.35. The van der Waals surface area contributed by atoms with Gasteiger partial charge in [-0.2, -0.15) is 0 Å². The summed E-state index contributed by atoms with van der Waals surface area (Å²) in [6.45, 7) is 3.99. The number of hydrogen-bond donors (Lipinski definition) is 0. The molecule has 0 aliphatic rings. The zero-order chi connectivity index (χ0) is 16.1. The van der Waals surface area contributed by atoms with E-state index in [0.717, 1.165) is 16.7 Å². The fraction of sp³-hybridized carbons (Fsp3) is 0.278. The molecule has 0 aromatic heterocycles. The summed E-state index contributed by atoms with van der Waals surface area (Å²) >= 11 is 1.44. The Balaban J connectivity index is 2.25. The lowest BCUT2D eigenvalue weighted by Gasteiger charge is -2.17. The predicted molar refractivity (Wildman–Crippen MR) is 90.8 cm³/mol. The van der Waals surface area contributed by atoms with Crippen LogP contribution in [-0.2, 0) is 4.79 Å². The molecular formula is C18H20O3S. The Hall–Kier alpha value is -1.94. The molecule has 0 N–H and O–H groups in total. The molecule has 4 heteroatoms. The molecule has 1 atom stereocenters. The number of thioether (sulfide) groups is 1. The molecule has 0 bridgehead atoms. The van der Waals surface area contributed by atoms with Crippen LogP contribution in [0.1, 0.15) is 21.9 Å². The van der Waals surface area contributed by atoms with Gasteiger partial charge in [-0.3, -0.25) is 4.79 Å². The molecule has 0 unspecified atom stereocenters. The molecule has 2 aromatic carbocycles. The number of rotatable bonds is 5. The van der Waals surface area contributed by atoms with Crippen molar-refractivity contribution in [2.45, 2.75) is 19.1 Å². The van der Waals surface area contributed by atoms with Crippen LogP contribution in [0.2, 0.25) is 0 Å². The minimum absolute atomic E-state index is 0.291. The minimum Gasteiger partial charge on any atom is -0.496 e. The first-order valence-electron chi connectivity index (χ1n) is 7.01. The minimum atomic E-state index is -0.420. The van der Waals surface area contributed by atoms with Crippen LogP contribution in [0.15, 0.2) is 42.5 Å². The van der Waals surface area contributed by atoms with E-state index in [9.17, 15) is 4.79 Å². The number of ether oxygens (including phenoxy) is 2. The molecule has 0 fully saturated rings. The molecule has 0 heterocycles. The third kappa shape index (κ3) is 3.83. The highest BCUT2D eigenvalue weighted by Gasteiger charge is 2.25. The quantitative estimate of drug-likeness (QED) is 0.608. The zero-order valence-electron chi connectivity index (χ0n) is 13.3. The predicted octanol–water partition coefficient (Wildman–Crippen LogP) is 4.32. The summed E-state index contributed by atoms with van der Waals surface area (Å²) in [7, 11) is 1.61. The molecule has 0 radical (unpaired) electrons. The Labute approximate surface area is 135 Å². The van der Waals surface area contributed by atoms with Gasteiger partial charge >= 0.3 is 5.97 Å². The van der Waals surface area contributed by atoms with Gasteiger partial charge in [0.25, 0.3) is 0 Å². The first-order valence-corrected chi connectivity index (χ1v) is 8.29. The van der Waals surface area contributed by atoms with E-state index in [1.165, 1.54) is 11.8 Å². The molecule has 2 rings (SSSR count). The van der Waals surface area contributed by atoms with Crippen LogP contribution in [0.4, 0.5) is 0 Å². The van der Waals surface area contributed by atoms with Gasteiger partial charge in [0, 0.05) is 5.56 Å². The van der Waals surface area contributed by atoms with Crippen LogP contribution in [0, 0.1) is 13.8 Å². The van der Waals surface area contributed by atoms with Gasteiger partial charge in [-0.1, -0.05) is 35.4 Å². The van der Waals surface area contributed by atoms with Crippen LogP contribution in [-0.4, -0.2) is 19.3 Å². The second-order valence-corrected chi connectivity index (χ2v) is 6.04. The van der Waals surface area contributed by atoms with Crippen LogP contribution >= 0.6 is 11.8 Å². The lowest BCUT2D eigenvalue weighted by Crippen LogP contribution is -2.17. The number of benzene rings is 2. The summed E-state index contributed by atoms with van der Waals surface area (Å²) in [6.07, 6.45) is 1.89. The van der Waals surface area contributed by atoms with Crippen LogP contribution in [0.25, 0.3) is 0 Å². The lowest BCUT2D eigenvalue weighted by atomic mass is 10.1. The molecule has 0 aliphatic heterocycles. The van der Waals surface area contributed by atoms with Gasteiger partial charge in [0.05, 0.1) is 7.11 Å². The number of carbonyl (C=O) groups excluding carboxylic acids is 1. The summed E-state index contributed by atoms with van der Waals surface area (Å²) in [5.74, 6) is 0.965. The molecule has 0 amide bonds. The van der Waals surface area contributed by atoms with Crippen molar-refractivity contribution < 1.29 is 14.3 Å². The van der Waals surface area contributed by atoms with E-state index in [0.29, 0.717) is 11.5 Å². The fourth-order valence-corrected chi connectivity index (χ4v) is 2.86. The molecule has 0 saturated heterocycles. The van der Waals surface area contributed by atoms with E-state index in [1.54, 1.807) is 19.2 Å². The van der Waals surface area contributed by atoms with Crippen molar-refractivity contribution in [3.05, 3.63) is 59.2 Å². The average Bonchev–Trinajstić information content (AvgIpc) is 2.50. The van der Waals surface area contributed by atoms with Gasteiger partial charge in [0.2, 0.25) is 0 Å². The van der Waals surface area contributed by atoms with E-state index in [4.69, 9.17) is 9.47 Å². The normalized spacial score (nSPS) is 11.8. The molecule has 0 aliphatic carbocycles. The van der Waals surface area contributed by atoms with Crippen LogP contribution in [0.5, 0.6) is 11.5 Å². The third-order valence-corrected chi connectivity index (χ3v) is 4.27. The number of aryl methyl sites for hydroxylation is 2. The van der Waals surface area contributed by atoms with Crippen molar-refractivity contribution in [3.63, 3.8) is 0 Å². The van der Waals surface area contributed by atoms with Crippen molar-refractivity contribution in [1.82, 2.24) is 0 Å². The Morgan fingerprint density at radius 2 is 1.68 bits per heavy atom. The largest absolute Gasteiger partial charge is 0.496 e. The standard InChI is InChI=1S/C18H20O3S/c1-12-5-8-14(9-6-12)21-18(19)17(22-4)15-11-13(2)7-10-16(15)20-3/h5-11,17H,1-4H3/t17-/m1/s1. The van der Waals surface area contributed by atoms with E-state index in [1.807, 2.05) is 50.4 Å². The van der Waals surface area contributed by atoms with E-state index >= 15 is 0 Å². The van der Waals surface area contributed by atoms with Gasteiger partial charge in [-0.15, -0.1) is 11.8 Å². The number of hydrogen-bond acceptors (Lipinski definition) is 4. The highest BCUT2D eigenvalue weighted by atomic mass is 32.2. The zero-order valence-corrected chi connectivity index (χ0v) is 14.1. The maximum absolute atomic E-state index is 12.5. The SMILES string of the molecule is COc1ccc(C)cc1[C@@H](SC)C(=O)Oc1ccc(C)cc1. The van der Waals surface area contributed by atoms with Gasteiger partial charge in [-0.25, -0.2) is 0 Å². The van der Waals surface area contributed by atoms with Gasteiger partial charge in [-0.05, 0) is 38.3 Å². The lowest BCUT2D eigenvalue weighted by molar-refractivity contribution is -0.133. The molecule has 0 spiro atoms. The van der Waals surface area contributed by atoms with Gasteiger partial charge in [0.1, 0.15) is 16.7 Å². The maximum atomic E-state index is 12.5. The fourth-order valence-electron chi connectivity index (χ4n) is 2.18. The average molecular weight is 316 g/mol. The molecular weight excluding hydrogens is 296 g/mol. The van der Waals surface area contributed by atoms with Crippen LogP contribution < -0.4 is 9.47 Å². The number of esters is 1. The molecule has 0 saturated carbocycles. The Morgan fingerprint density at radius 1 is 1.05 bits per heavy atom. The maximum Gasteiger partial charge on any atom is 0.329 e. The Bertz CT molecular complexity index is 650. The van der Waals surface area contributed by atoms with E-state index in [2.05, 4.69) is 0 Å². The summed E-state index contributed by atoms with van der Waals surface area (Å²) < 4.78 is 10.9. The third-order valence-electron chi connectivity index (χ3n) is 3.36. The van der Waals surface area contributed by atoms with Gasteiger partial charge < -0.3 is 9.47 Å². The Morgan fingerprint density at radius 3 is 2.27 bits per heavy atom. The summed E-state index contributed by atoms with van der Waals surface area (Å²) in [5.41, 5.74) is 3.05.